The van der Waals surface area contributed by atoms with Crippen LogP contribution in [0.1, 0.15) is 38.3 Å². The minimum atomic E-state index is 0.491. The van der Waals surface area contributed by atoms with Gasteiger partial charge in [-0.1, -0.05) is 26.7 Å². The molecule has 80 valence electrons. The molecule has 1 nitrogen and oxygen atoms in total. The molecule has 0 aliphatic carbocycles. The van der Waals surface area contributed by atoms with E-state index in [0.717, 1.165) is 5.92 Å². The van der Waals surface area contributed by atoms with Crippen molar-refractivity contribution >= 4 is 27.3 Å². The fourth-order valence-electron chi connectivity index (χ4n) is 1.92. The van der Waals surface area contributed by atoms with Gasteiger partial charge >= 0.3 is 0 Å². The second-order valence-corrected chi connectivity index (χ2v) is 5.12. The van der Waals surface area contributed by atoms with Crippen molar-refractivity contribution in [2.24, 2.45) is 5.92 Å². The van der Waals surface area contributed by atoms with E-state index in [9.17, 15) is 0 Å². The Morgan fingerprint density at radius 1 is 1.36 bits per heavy atom. The van der Waals surface area contributed by atoms with Gasteiger partial charge in [0.25, 0.3) is 0 Å². The first kappa shape index (κ1) is 12.2. The predicted octanol–water partition coefficient (Wildman–Crippen LogP) is 4.21. The van der Waals surface area contributed by atoms with Crippen molar-refractivity contribution in [3.63, 3.8) is 0 Å². The highest BCUT2D eigenvalue weighted by atomic mass is 79.9. The number of rotatable bonds is 5. The largest absolute Gasteiger partial charge is 0.313 e. The van der Waals surface area contributed by atoms with Crippen molar-refractivity contribution in [3.05, 3.63) is 20.8 Å². The molecule has 14 heavy (non-hydrogen) atoms. The first-order valence-corrected chi connectivity index (χ1v) is 6.86. The van der Waals surface area contributed by atoms with Gasteiger partial charge in [0, 0.05) is 15.9 Å². The van der Waals surface area contributed by atoms with E-state index >= 15 is 0 Å². The quantitative estimate of drug-likeness (QED) is 0.849. The van der Waals surface area contributed by atoms with E-state index in [1.54, 1.807) is 11.3 Å². The second-order valence-electron chi connectivity index (χ2n) is 3.52. The first-order chi connectivity index (χ1) is 6.74. The molecule has 1 rings (SSSR count). The van der Waals surface area contributed by atoms with Crippen molar-refractivity contribution in [1.29, 1.82) is 0 Å². The zero-order valence-electron chi connectivity index (χ0n) is 9.01. The summed E-state index contributed by atoms with van der Waals surface area (Å²) in [5, 5.41) is 7.82. The number of halogens is 1. The van der Waals surface area contributed by atoms with Crippen molar-refractivity contribution in [2.45, 2.75) is 32.7 Å². The Bertz CT molecular complexity index is 268. The third-order valence-electron chi connectivity index (χ3n) is 2.81. The Balaban J connectivity index is 2.86. The lowest BCUT2D eigenvalue weighted by molar-refractivity contribution is 0.359. The van der Waals surface area contributed by atoms with E-state index in [2.05, 4.69) is 45.9 Å². The molecule has 0 amide bonds. The molecule has 0 aliphatic rings. The van der Waals surface area contributed by atoms with Crippen molar-refractivity contribution in [1.82, 2.24) is 5.32 Å². The molecule has 1 N–H and O–H groups in total. The van der Waals surface area contributed by atoms with Crippen LogP contribution in [0.25, 0.3) is 0 Å². The molecule has 0 aromatic carbocycles. The molecular weight excluding hydrogens is 258 g/mol. The standard InChI is InChI=1S/C11H18BrNS/c1-4-8(5-2)11(13-3)9-6-14-7-10(9)12/h6-8,11,13H,4-5H2,1-3H3. The lowest BCUT2D eigenvalue weighted by Gasteiger charge is -2.24. The summed E-state index contributed by atoms with van der Waals surface area (Å²) < 4.78 is 1.24. The first-order valence-electron chi connectivity index (χ1n) is 5.13. The number of nitrogens with one attached hydrogen (secondary N) is 1. The van der Waals surface area contributed by atoms with Gasteiger partial charge in [-0.15, -0.1) is 0 Å². The maximum atomic E-state index is 3.60. The maximum absolute atomic E-state index is 3.60. The monoisotopic (exact) mass is 275 g/mol. The number of hydrogen-bond acceptors (Lipinski definition) is 2. The van der Waals surface area contributed by atoms with Crippen LogP contribution in [-0.2, 0) is 0 Å². The van der Waals surface area contributed by atoms with E-state index in [0.29, 0.717) is 6.04 Å². The molecule has 1 atom stereocenters. The van der Waals surface area contributed by atoms with Gasteiger partial charge in [-0.2, -0.15) is 11.3 Å². The SMILES string of the molecule is CCC(CC)C(NC)c1cscc1Br. The van der Waals surface area contributed by atoms with E-state index in [4.69, 9.17) is 0 Å². The lowest BCUT2D eigenvalue weighted by atomic mass is 9.90. The predicted molar refractivity (Wildman–Crippen MR) is 67.9 cm³/mol. The molecule has 0 fully saturated rings. The van der Waals surface area contributed by atoms with E-state index in [-0.39, 0.29) is 0 Å². The highest BCUT2D eigenvalue weighted by Gasteiger charge is 2.20. The van der Waals surface area contributed by atoms with Crippen LogP contribution < -0.4 is 5.32 Å². The van der Waals surface area contributed by atoms with E-state index in [1.807, 2.05) is 7.05 Å². The lowest BCUT2D eigenvalue weighted by Crippen LogP contribution is -2.24. The van der Waals surface area contributed by atoms with Crippen LogP contribution in [0.3, 0.4) is 0 Å². The van der Waals surface area contributed by atoms with Gasteiger partial charge in [-0.05, 0) is 39.8 Å². The zero-order valence-corrected chi connectivity index (χ0v) is 11.4. The van der Waals surface area contributed by atoms with Crippen LogP contribution in [0, 0.1) is 5.92 Å². The van der Waals surface area contributed by atoms with Crippen molar-refractivity contribution in [3.8, 4) is 0 Å². The summed E-state index contributed by atoms with van der Waals surface area (Å²) in [4.78, 5) is 0. The molecule has 0 radical (unpaired) electrons. The van der Waals surface area contributed by atoms with Gasteiger partial charge in [-0.3, -0.25) is 0 Å². The number of thiophene rings is 1. The Morgan fingerprint density at radius 3 is 2.36 bits per heavy atom. The topological polar surface area (TPSA) is 12.0 Å². The fourth-order valence-corrected chi connectivity index (χ4v) is 3.50. The summed E-state index contributed by atoms with van der Waals surface area (Å²) in [6.07, 6.45) is 2.45. The van der Waals surface area contributed by atoms with Gasteiger partial charge in [-0.25, -0.2) is 0 Å². The molecule has 0 spiro atoms. The normalized spacial score (nSPS) is 13.5. The highest BCUT2D eigenvalue weighted by molar-refractivity contribution is 9.10. The van der Waals surface area contributed by atoms with Crippen LogP contribution in [0.5, 0.6) is 0 Å². The van der Waals surface area contributed by atoms with Crippen LogP contribution in [0.2, 0.25) is 0 Å². The average Bonchev–Trinajstić information content (AvgIpc) is 2.61. The van der Waals surface area contributed by atoms with Crippen molar-refractivity contribution in [2.75, 3.05) is 7.05 Å². The molecule has 0 saturated carbocycles. The molecule has 3 heteroatoms. The Labute approximate surface area is 99.0 Å². The molecule has 0 aliphatic heterocycles. The molecule has 0 saturated heterocycles. The molecule has 1 unspecified atom stereocenters. The zero-order chi connectivity index (χ0) is 10.6. The Hall–Kier alpha value is 0.140. The Morgan fingerprint density at radius 2 is 2.00 bits per heavy atom. The third kappa shape index (κ3) is 2.59. The highest BCUT2D eigenvalue weighted by Crippen LogP contribution is 2.34. The Kier molecular flexibility index (Phi) is 5.13. The summed E-state index contributed by atoms with van der Waals surface area (Å²) in [6, 6.07) is 0.491. The molecule has 0 bridgehead atoms. The summed E-state index contributed by atoms with van der Waals surface area (Å²) in [7, 11) is 2.05. The van der Waals surface area contributed by atoms with Crippen LogP contribution >= 0.6 is 27.3 Å². The molecular formula is C11H18BrNS. The minimum absolute atomic E-state index is 0.491. The van der Waals surface area contributed by atoms with Crippen LogP contribution in [0.4, 0.5) is 0 Å². The van der Waals surface area contributed by atoms with Crippen LogP contribution in [0.15, 0.2) is 15.2 Å². The summed E-state index contributed by atoms with van der Waals surface area (Å²) >= 11 is 5.37. The molecule has 1 aromatic heterocycles. The van der Waals surface area contributed by atoms with Gasteiger partial charge in [0.15, 0.2) is 0 Å². The van der Waals surface area contributed by atoms with Gasteiger partial charge in [0.05, 0.1) is 0 Å². The van der Waals surface area contributed by atoms with Crippen molar-refractivity contribution < 1.29 is 0 Å². The fraction of sp³-hybridized carbons (Fsp3) is 0.636. The third-order valence-corrected chi connectivity index (χ3v) is 4.56. The number of hydrogen-bond donors (Lipinski definition) is 1. The van der Waals surface area contributed by atoms with E-state index < -0.39 is 0 Å². The smallest absolute Gasteiger partial charge is 0.0365 e. The average molecular weight is 276 g/mol. The minimum Gasteiger partial charge on any atom is -0.313 e. The van der Waals surface area contributed by atoms with Crippen LogP contribution in [-0.4, -0.2) is 7.05 Å². The van der Waals surface area contributed by atoms with Gasteiger partial charge in [0.2, 0.25) is 0 Å². The molecule has 1 aromatic rings. The summed E-state index contributed by atoms with van der Waals surface area (Å²) in [5.74, 6) is 0.728. The summed E-state index contributed by atoms with van der Waals surface area (Å²) in [6.45, 7) is 4.53. The van der Waals surface area contributed by atoms with E-state index in [1.165, 1.54) is 22.9 Å². The van der Waals surface area contributed by atoms with Gasteiger partial charge in [0.1, 0.15) is 0 Å². The second kappa shape index (κ2) is 5.89. The maximum Gasteiger partial charge on any atom is 0.0365 e. The summed E-state index contributed by atoms with van der Waals surface area (Å²) in [5.41, 5.74) is 1.41. The molecule has 1 heterocycles. The van der Waals surface area contributed by atoms with Gasteiger partial charge < -0.3 is 5.32 Å².